The van der Waals surface area contributed by atoms with Crippen molar-refractivity contribution in [2.45, 2.75) is 39.7 Å². The minimum Gasteiger partial charge on any atom is -0.465 e. The lowest BCUT2D eigenvalue weighted by molar-refractivity contribution is -0.177. The lowest BCUT2D eigenvalue weighted by Crippen LogP contribution is -2.48. The van der Waals surface area contributed by atoms with Gasteiger partial charge in [-0.05, 0) is 38.7 Å². The molecule has 1 aromatic carbocycles. The molecule has 1 aliphatic rings. The van der Waals surface area contributed by atoms with E-state index in [1.807, 2.05) is 6.07 Å². The van der Waals surface area contributed by atoms with Crippen molar-refractivity contribution < 1.29 is 29.0 Å². The highest BCUT2D eigenvalue weighted by Crippen LogP contribution is 2.48. The molecule has 0 saturated heterocycles. The van der Waals surface area contributed by atoms with Crippen LogP contribution in [0, 0.1) is 17.3 Å². The van der Waals surface area contributed by atoms with Crippen LogP contribution in [0.4, 0.5) is 0 Å². The number of benzene rings is 1. The zero-order chi connectivity index (χ0) is 19.3. The maximum atomic E-state index is 12.7. The third-order valence-electron chi connectivity index (χ3n) is 5.13. The first kappa shape index (κ1) is 20.1. The van der Waals surface area contributed by atoms with E-state index in [0.29, 0.717) is 12.0 Å². The Hall–Kier alpha value is -2.21. The van der Waals surface area contributed by atoms with E-state index in [4.69, 9.17) is 9.47 Å². The molecule has 1 aromatic rings. The first-order valence-electron chi connectivity index (χ1n) is 8.98. The molecule has 0 radical (unpaired) electrons. The normalized spacial score (nSPS) is 21.3. The van der Waals surface area contributed by atoms with Gasteiger partial charge in [0.25, 0.3) is 0 Å². The highest BCUT2D eigenvalue weighted by molar-refractivity contribution is 6.01. The van der Waals surface area contributed by atoms with Gasteiger partial charge in [0, 0.05) is 6.42 Å². The quantitative estimate of drug-likeness (QED) is 0.592. The van der Waals surface area contributed by atoms with Crippen molar-refractivity contribution >= 4 is 17.7 Å². The van der Waals surface area contributed by atoms with Gasteiger partial charge >= 0.3 is 11.9 Å². The molecule has 0 aromatic heterocycles. The Morgan fingerprint density at radius 3 is 2.19 bits per heavy atom. The van der Waals surface area contributed by atoms with Crippen LogP contribution in [0.2, 0.25) is 0 Å². The van der Waals surface area contributed by atoms with Crippen molar-refractivity contribution in [1.29, 1.82) is 0 Å². The Bertz CT molecular complexity index is 636. The van der Waals surface area contributed by atoms with Crippen LogP contribution in [0.15, 0.2) is 30.3 Å². The second-order valence-corrected chi connectivity index (χ2v) is 6.64. The molecular weight excluding hydrogens is 336 g/mol. The molecule has 0 bridgehead atoms. The second-order valence-electron chi connectivity index (χ2n) is 6.64. The van der Waals surface area contributed by atoms with Gasteiger partial charge in [0.2, 0.25) is 0 Å². The molecule has 1 N–H and O–H groups in total. The first-order valence-corrected chi connectivity index (χ1v) is 8.98. The molecule has 3 atom stereocenters. The molecule has 1 saturated carbocycles. The van der Waals surface area contributed by atoms with Crippen LogP contribution in [-0.4, -0.2) is 36.0 Å². The summed E-state index contributed by atoms with van der Waals surface area (Å²) in [6.07, 6.45) is -0.575. The number of ether oxygens (including phenoxy) is 2. The standard InChI is InChI=1S/C20H26O6/c1-4-25-18(23)20(3,19(24)26-5-2)14-11-12-15(21)16(14)17(22)13-9-7-6-8-10-13/h6-10,14,16-17,22H,4-5,11-12H2,1-3H3/t14-,16+,17?/m1/s1. The summed E-state index contributed by atoms with van der Waals surface area (Å²) in [5.74, 6) is -3.16. The summed E-state index contributed by atoms with van der Waals surface area (Å²) in [7, 11) is 0. The Morgan fingerprint density at radius 1 is 1.15 bits per heavy atom. The molecular formula is C20H26O6. The lowest BCUT2D eigenvalue weighted by atomic mass is 9.69. The van der Waals surface area contributed by atoms with E-state index < -0.39 is 35.3 Å². The smallest absolute Gasteiger partial charge is 0.323 e. The zero-order valence-electron chi connectivity index (χ0n) is 15.4. The second kappa shape index (κ2) is 8.45. The van der Waals surface area contributed by atoms with Crippen LogP contribution in [0.1, 0.15) is 45.3 Å². The van der Waals surface area contributed by atoms with E-state index in [0.717, 1.165) is 0 Å². The maximum Gasteiger partial charge on any atom is 0.323 e. The molecule has 6 nitrogen and oxygen atoms in total. The summed E-state index contributed by atoms with van der Waals surface area (Å²) in [6.45, 7) is 4.98. The van der Waals surface area contributed by atoms with Crippen LogP contribution in [-0.2, 0) is 23.9 Å². The number of aliphatic hydroxyl groups is 1. The molecule has 1 fully saturated rings. The van der Waals surface area contributed by atoms with Crippen LogP contribution in [0.25, 0.3) is 0 Å². The van der Waals surface area contributed by atoms with Gasteiger partial charge in [-0.3, -0.25) is 14.4 Å². The molecule has 2 rings (SSSR count). The minimum atomic E-state index is -1.64. The summed E-state index contributed by atoms with van der Waals surface area (Å²) in [4.78, 5) is 37.9. The molecule has 142 valence electrons. The van der Waals surface area contributed by atoms with Crippen molar-refractivity contribution in [3.63, 3.8) is 0 Å². The largest absolute Gasteiger partial charge is 0.465 e. The van der Waals surface area contributed by atoms with Crippen LogP contribution >= 0.6 is 0 Å². The third kappa shape index (κ3) is 3.65. The summed E-state index contributed by atoms with van der Waals surface area (Å²) >= 11 is 0. The Morgan fingerprint density at radius 2 is 1.69 bits per heavy atom. The van der Waals surface area contributed by atoms with Gasteiger partial charge in [-0.1, -0.05) is 30.3 Å². The van der Waals surface area contributed by atoms with E-state index >= 15 is 0 Å². The average molecular weight is 362 g/mol. The topological polar surface area (TPSA) is 89.9 Å². The van der Waals surface area contributed by atoms with Crippen LogP contribution < -0.4 is 0 Å². The summed E-state index contributed by atoms with van der Waals surface area (Å²) in [6, 6.07) is 8.79. The fourth-order valence-electron chi connectivity index (χ4n) is 3.72. The SMILES string of the molecule is CCOC(=O)C(C)(C(=O)OCC)[C@@H]1CCC(=O)[C@H]1C(O)c1ccccc1. The molecule has 0 aliphatic heterocycles. The van der Waals surface area contributed by atoms with E-state index in [1.54, 1.807) is 38.1 Å². The maximum absolute atomic E-state index is 12.7. The highest BCUT2D eigenvalue weighted by atomic mass is 16.6. The molecule has 1 aliphatic carbocycles. The number of esters is 2. The summed E-state index contributed by atoms with van der Waals surface area (Å²) in [5.41, 5.74) is -1.06. The monoisotopic (exact) mass is 362 g/mol. The molecule has 6 heteroatoms. The van der Waals surface area contributed by atoms with E-state index in [9.17, 15) is 19.5 Å². The number of aliphatic hydroxyl groups excluding tert-OH is 1. The van der Waals surface area contributed by atoms with Gasteiger partial charge in [-0.25, -0.2) is 0 Å². The average Bonchev–Trinajstić information content (AvgIpc) is 3.03. The number of hydrogen-bond donors (Lipinski definition) is 1. The molecule has 26 heavy (non-hydrogen) atoms. The Balaban J connectivity index is 2.43. The van der Waals surface area contributed by atoms with Gasteiger partial charge in [-0.2, -0.15) is 0 Å². The predicted octanol–water partition coefficient (Wildman–Crippen LogP) is 2.45. The Kier molecular flexibility index (Phi) is 6.53. The van der Waals surface area contributed by atoms with Gasteiger partial charge in [0.1, 0.15) is 5.78 Å². The Labute approximate surface area is 153 Å². The minimum absolute atomic E-state index is 0.112. The molecule has 0 amide bonds. The first-order chi connectivity index (χ1) is 12.4. The number of Topliss-reactive ketones (excluding diaryl/α,β-unsaturated/α-hetero) is 1. The number of hydrogen-bond acceptors (Lipinski definition) is 6. The van der Waals surface area contributed by atoms with E-state index in [-0.39, 0.29) is 25.4 Å². The van der Waals surface area contributed by atoms with Crippen molar-refractivity contribution in [2.24, 2.45) is 17.3 Å². The lowest BCUT2D eigenvalue weighted by Gasteiger charge is -2.35. The molecule has 0 heterocycles. The number of carbonyl (C=O) groups is 3. The predicted molar refractivity (Wildman–Crippen MR) is 94.0 cm³/mol. The van der Waals surface area contributed by atoms with Crippen LogP contribution in [0.5, 0.6) is 0 Å². The van der Waals surface area contributed by atoms with Crippen molar-refractivity contribution in [3.05, 3.63) is 35.9 Å². The van der Waals surface area contributed by atoms with Crippen molar-refractivity contribution in [1.82, 2.24) is 0 Å². The highest BCUT2D eigenvalue weighted by Gasteiger charge is 2.58. The summed E-state index contributed by atoms with van der Waals surface area (Å²) < 4.78 is 10.2. The summed E-state index contributed by atoms with van der Waals surface area (Å²) in [5, 5.41) is 10.8. The zero-order valence-corrected chi connectivity index (χ0v) is 15.4. The van der Waals surface area contributed by atoms with Gasteiger partial charge < -0.3 is 14.6 Å². The fourth-order valence-corrected chi connectivity index (χ4v) is 3.72. The number of ketones is 1. The van der Waals surface area contributed by atoms with Crippen molar-refractivity contribution in [3.8, 4) is 0 Å². The van der Waals surface area contributed by atoms with E-state index in [1.165, 1.54) is 6.92 Å². The van der Waals surface area contributed by atoms with Gasteiger partial charge in [0.05, 0.1) is 25.2 Å². The van der Waals surface area contributed by atoms with Gasteiger partial charge in [0.15, 0.2) is 5.41 Å². The molecule has 0 spiro atoms. The number of carbonyl (C=O) groups excluding carboxylic acids is 3. The number of rotatable bonds is 7. The third-order valence-corrected chi connectivity index (χ3v) is 5.13. The van der Waals surface area contributed by atoms with Crippen molar-refractivity contribution in [2.75, 3.05) is 13.2 Å². The molecule has 1 unspecified atom stereocenters. The van der Waals surface area contributed by atoms with E-state index in [2.05, 4.69) is 0 Å². The fraction of sp³-hybridized carbons (Fsp3) is 0.550. The van der Waals surface area contributed by atoms with Crippen LogP contribution in [0.3, 0.4) is 0 Å². The van der Waals surface area contributed by atoms with Gasteiger partial charge in [-0.15, -0.1) is 0 Å².